The van der Waals surface area contributed by atoms with Crippen molar-refractivity contribution in [2.45, 2.75) is 20.8 Å². The maximum absolute atomic E-state index is 12.5. The summed E-state index contributed by atoms with van der Waals surface area (Å²) in [7, 11) is 0. The number of hydrogen-bond donors (Lipinski definition) is 1. The Morgan fingerprint density at radius 2 is 1.93 bits per heavy atom. The predicted octanol–water partition coefficient (Wildman–Crippen LogP) is 5.95. The monoisotopic (exact) mass is 421 g/mol. The van der Waals surface area contributed by atoms with Gasteiger partial charge in [-0.3, -0.25) is 4.79 Å². The Morgan fingerprint density at radius 3 is 2.72 bits per heavy atom. The average Bonchev–Trinajstić information content (AvgIpc) is 3.26. The molecule has 3 aromatic rings. The van der Waals surface area contributed by atoms with Crippen molar-refractivity contribution in [1.82, 2.24) is 9.88 Å². The number of amides is 1. The van der Waals surface area contributed by atoms with Crippen LogP contribution in [0.15, 0.2) is 64.6 Å². The van der Waals surface area contributed by atoms with Crippen LogP contribution in [0.4, 0.5) is 5.69 Å². The van der Waals surface area contributed by atoms with Crippen LogP contribution in [0.1, 0.15) is 22.4 Å². The highest BCUT2D eigenvalue weighted by molar-refractivity contribution is 8.18. The van der Waals surface area contributed by atoms with E-state index in [1.807, 2.05) is 49.5 Å². The topological polar surface area (TPSA) is 46.4 Å². The molecule has 29 heavy (non-hydrogen) atoms. The Bertz CT molecular complexity index is 1180. The normalized spacial score (nSPS) is 16.6. The maximum atomic E-state index is 12.5. The second kappa shape index (κ2) is 7.93. The van der Waals surface area contributed by atoms with Gasteiger partial charge in [0, 0.05) is 22.6 Å². The Morgan fingerprint density at radius 1 is 1.10 bits per heavy atom. The van der Waals surface area contributed by atoms with Gasteiger partial charge < -0.3 is 9.88 Å². The zero-order valence-corrected chi connectivity index (χ0v) is 17.9. The summed E-state index contributed by atoms with van der Waals surface area (Å²) in [5, 5.41) is 4.05. The Kier molecular flexibility index (Phi) is 5.35. The fourth-order valence-electron chi connectivity index (χ4n) is 3.25. The van der Waals surface area contributed by atoms with Gasteiger partial charge in [-0.15, -0.1) is 0 Å². The van der Waals surface area contributed by atoms with E-state index in [0.29, 0.717) is 15.1 Å². The molecule has 1 saturated heterocycles. The van der Waals surface area contributed by atoms with E-state index in [1.165, 1.54) is 22.9 Å². The first kappa shape index (κ1) is 19.6. The van der Waals surface area contributed by atoms with Crippen molar-refractivity contribution in [3.05, 3.63) is 87.0 Å². The van der Waals surface area contributed by atoms with Gasteiger partial charge in [-0.25, -0.2) is 4.99 Å². The molecule has 2 aromatic carbocycles. The van der Waals surface area contributed by atoms with Crippen molar-refractivity contribution in [3.63, 3.8) is 0 Å². The molecule has 1 fully saturated rings. The van der Waals surface area contributed by atoms with Crippen LogP contribution in [-0.2, 0) is 4.79 Å². The fraction of sp³-hybridized carbons (Fsp3) is 0.130. The van der Waals surface area contributed by atoms with E-state index in [1.54, 1.807) is 0 Å². The molecule has 0 unspecified atom stereocenters. The van der Waals surface area contributed by atoms with E-state index >= 15 is 0 Å². The number of hydrogen-bond acceptors (Lipinski definition) is 3. The first-order valence-corrected chi connectivity index (χ1v) is 10.4. The van der Waals surface area contributed by atoms with E-state index in [2.05, 4.69) is 46.9 Å². The van der Waals surface area contributed by atoms with Crippen LogP contribution in [0.5, 0.6) is 0 Å². The molecule has 0 radical (unpaired) electrons. The third kappa shape index (κ3) is 4.02. The number of carbonyl (C=O) groups excluding carboxylic acids is 1. The summed E-state index contributed by atoms with van der Waals surface area (Å²) in [5.74, 6) is -0.151. The van der Waals surface area contributed by atoms with E-state index in [0.717, 1.165) is 22.6 Å². The van der Waals surface area contributed by atoms with Crippen LogP contribution in [0.25, 0.3) is 11.8 Å². The molecule has 0 bridgehead atoms. The van der Waals surface area contributed by atoms with Crippen LogP contribution in [0.3, 0.4) is 0 Å². The average molecular weight is 422 g/mol. The molecular formula is C23H20ClN3OS. The fourth-order valence-corrected chi connectivity index (χ4v) is 4.24. The lowest BCUT2D eigenvalue weighted by atomic mass is 10.1. The number of benzene rings is 2. The summed E-state index contributed by atoms with van der Waals surface area (Å²) in [5.41, 5.74) is 6.08. The molecule has 6 heteroatoms. The van der Waals surface area contributed by atoms with E-state index in [-0.39, 0.29) is 5.91 Å². The first-order chi connectivity index (χ1) is 13.9. The Hall–Kier alpha value is -2.76. The van der Waals surface area contributed by atoms with E-state index in [4.69, 9.17) is 11.6 Å². The molecule has 0 spiro atoms. The molecule has 1 aromatic heterocycles. The predicted molar refractivity (Wildman–Crippen MR) is 122 cm³/mol. The second-order valence-electron chi connectivity index (χ2n) is 6.96. The molecule has 2 heterocycles. The van der Waals surface area contributed by atoms with E-state index in [9.17, 15) is 4.79 Å². The number of aryl methyl sites for hydroxylation is 2. The van der Waals surface area contributed by atoms with Gasteiger partial charge in [0.15, 0.2) is 5.17 Å². The number of amidine groups is 1. The molecule has 146 valence electrons. The Balaban J connectivity index is 1.65. The van der Waals surface area contributed by atoms with Gasteiger partial charge in [0.25, 0.3) is 5.91 Å². The summed E-state index contributed by atoms with van der Waals surface area (Å²) in [6.45, 7) is 6.09. The maximum Gasteiger partial charge on any atom is 0.264 e. The van der Waals surface area contributed by atoms with Crippen molar-refractivity contribution in [2.75, 3.05) is 0 Å². The van der Waals surface area contributed by atoms with Gasteiger partial charge in [-0.1, -0.05) is 35.4 Å². The molecule has 1 aliphatic heterocycles. The highest BCUT2D eigenvalue weighted by atomic mass is 35.5. The molecule has 0 atom stereocenters. The van der Waals surface area contributed by atoms with Crippen molar-refractivity contribution in [1.29, 1.82) is 0 Å². The van der Waals surface area contributed by atoms with Crippen molar-refractivity contribution in [2.24, 2.45) is 4.99 Å². The van der Waals surface area contributed by atoms with Gasteiger partial charge in [0.1, 0.15) is 0 Å². The van der Waals surface area contributed by atoms with Crippen LogP contribution in [-0.4, -0.2) is 15.6 Å². The standard InChI is InChI=1S/C23H20ClN3OS/c1-14-9-10-20(15(2)12-14)27-11-5-6-17(27)13-21-22(28)26-23(29-21)25-19-8-4-7-18(24)16(19)3/h4-13H,1-3H3,(H,25,26,28)/b21-13+. The number of nitrogens with zero attached hydrogens (tertiary/aromatic N) is 2. The zero-order chi connectivity index (χ0) is 20.5. The smallest absolute Gasteiger partial charge is 0.264 e. The lowest BCUT2D eigenvalue weighted by Crippen LogP contribution is -2.19. The highest BCUT2D eigenvalue weighted by Crippen LogP contribution is 2.31. The van der Waals surface area contributed by atoms with E-state index < -0.39 is 0 Å². The molecular weight excluding hydrogens is 402 g/mol. The number of aliphatic imine (C=N–C) groups is 1. The van der Waals surface area contributed by atoms with Crippen LogP contribution >= 0.6 is 23.4 Å². The van der Waals surface area contributed by atoms with Gasteiger partial charge in [-0.05, 0) is 80.1 Å². The number of rotatable bonds is 3. The Labute approximate surface area is 179 Å². The molecule has 4 nitrogen and oxygen atoms in total. The minimum atomic E-state index is -0.151. The summed E-state index contributed by atoms with van der Waals surface area (Å²) in [6, 6.07) is 15.9. The van der Waals surface area contributed by atoms with Crippen molar-refractivity contribution in [3.8, 4) is 5.69 Å². The SMILES string of the molecule is Cc1ccc(-n2cccc2/C=C2/SC(=Nc3cccc(Cl)c3C)NC2=O)c(C)c1. The van der Waals surface area contributed by atoms with Crippen molar-refractivity contribution < 1.29 is 4.79 Å². The minimum Gasteiger partial charge on any atom is -0.317 e. The quantitative estimate of drug-likeness (QED) is 0.531. The van der Waals surface area contributed by atoms with Crippen LogP contribution in [0.2, 0.25) is 5.02 Å². The number of halogens is 1. The number of nitrogens with one attached hydrogen (secondary N) is 1. The summed E-state index contributed by atoms with van der Waals surface area (Å²) < 4.78 is 2.09. The first-order valence-electron chi connectivity index (χ1n) is 9.22. The highest BCUT2D eigenvalue weighted by Gasteiger charge is 2.24. The van der Waals surface area contributed by atoms with Gasteiger partial charge in [0.2, 0.25) is 0 Å². The third-order valence-corrected chi connectivity index (χ3v) is 6.10. The number of aromatic nitrogens is 1. The molecule has 0 aliphatic carbocycles. The van der Waals surface area contributed by atoms with Gasteiger partial charge >= 0.3 is 0 Å². The van der Waals surface area contributed by atoms with Gasteiger partial charge in [-0.2, -0.15) is 0 Å². The largest absolute Gasteiger partial charge is 0.317 e. The summed E-state index contributed by atoms with van der Waals surface area (Å²) in [6.07, 6.45) is 3.90. The van der Waals surface area contributed by atoms with Crippen LogP contribution < -0.4 is 5.32 Å². The molecule has 4 rings (SSSR count). The number of thioether (sulfide) groups is 1. The summed E-state index contributed by atoms with van der Waals surface area (Å²) >= 11 is 7.50. The van der Waals surface area contributed by atoms with Crippen LogP contribution in [0, 0.1) is 20.8 Å². The molecule has 1 amide bonds. The van der Waals surface area contributed by atoms with Crippen molar-refractivity contribution >= 4 is 46.2 Å². The third-order valence-electron chi connectivity index (χ3n) is 4.78. The number of carbonyl (C=O) groups is 1. The molecule has 1 N–H and O–H groups in total. The molecule has 1 aliphatic rings. The lowest BCUT2D eigenvalue weighted by molar-refractivity contribution is -0.115. The minimum absolute atomic E-state index is 0.151. The lowest BCUT2D eigenvalue weighted by Gasteiger charge is -2.11. The van der Waals surface area contributed by atoms with Gasteiger partial charge in [0.05, 0.1) is 10.6 Å². The zero-order valence-electron chi connectivity index (χ0n) is 16.4. The second-order valence-corrected chi connectivity index (χ2v) is 8.40. The molecule has 0 saturated carbocycles. The summed E-state index contributed by atoms with van der Waals surface area (Å²) in [4.78, 5) is 17.7.